The highest BCUT2D eigenvalue weighted by Gasteiger charge is 2.54. The van der Waals surface area contributed by atoms with Crippen molar-refractivity contribution in [3.8, 4) is 34.3 Å². The molecule has 8 N–H and O–H groups in total. The second-order valence-electron chi connectivity index (χ2n) is 16.6. The average molecular weight is 965 g/mol. The number of aliphatic hydroxyl groups is 7. The van der Waals surface area contributed by atoms with Crippen molar-refractivity contribution >= 4 is 28.9 Å². The smallest absolute Gasteiger partial charge is 0.303 e. The summed E-state index contributed by atoms with van der Waals surface area (Å²) in [6.07, 6.45) is -23.9. The summed E-state index contributed by atoms with van der Waals surface area (Å²) in [4.78, 5) is 51.2. The van der Waals surface area contributed by atoms with Gasteiger partial charge in [-0.15, -0.1) is 0 Å². The summed E-state index contributed by atoms with van der Waals surface area (Å²) in [6.45, 7) is 6.78. The molecule has 3 fully saturated rings. The Kier molecular flexibility index (Phi) is 16.7. The van der Waals surface area contributed by atoms with Crippen molar-refractivity contribution in [3.05, 3.63) is 57.8 Å². The van der Waals surface area contributed by atoms with Gasteiger partial charge >= 0.3 is 17.9 Å². The second-order valence-corrected chi connectivity index (χ2v) is 16.6. The van der Waals surface area contributed by atoms with E-state index >= 15 is 0 Å². The lowest BCUT2D eigenvalue weighted by atomic mass is 9.96. The Hall–Kier alpha value is -5.44. The Balaban J connectivity index is 1.47. The van der Waals surface area contributed by atoms with Crippen LogP contribution in [0.2, 0.25) is 0 Å². The maximum Gasteiger partial charge on any atom is 0.303 e. The number of esters is 3. The quantitative estimate of drug-likeness (QED) is 0.0546. The summed E-state index contributed by atoms with van der Waals surface area (Å²) < 4.78 is 63.4. The summed E-state index contributed by atoms with van der Waals surface area (Å²) in [6, 6.07) is 7.11. The molecular formula is C45H56O23. The minimum Gasteiger partial charge on any atom is -0.507 e. The van der Waals surface area contributed by atoms with Crippen LogP contribution in [-0.2, 0) is 54.0 Å². The number of allylic oxidation sites excluding steroid dienone is 2. The lowest BCUT2D eigenvalue weighted by Crippen LogP contribution is -2.65. The number of phenolic OH excluding ortho intramolecular Hbond substituents is 1. The summed E-state index contributed by atoms with van der Waals surface area (Å²) in [5, 5.41) is 86.6. The lowest BCUT2D eigenvalue weighted by Gasteiger charge is -2.46. The Bertz CT molecular complexity index is 2360. The van der Waals surface area contributed by atoms with E-state index in [0.717, 1.165) is 32.4 Å². The molecule has 6 rings (SSSR count). The van der Waals surface area contributed by atoms with Crippen molar-refractivity contribution in [2.24, 2.45) is 0 Å². The molecule has 0 spiro atoms. The fraction of sp³-hybridized carbons (Fsp3) is 0.556. The van der Waals surface area contributed by atoms with E-state index in [1.165, 1.54) is 38.3 Å². The molecule has 0 aliphatic carbocycles. The Labute approximate surface area is 387 Å². The van der Waals surface area contributed by atoms with Gasteiger partial charge in [0.25, 0.3) is 0 Å². The van der Waals surface area contributed by atoms with E-state index in [9.17, 15) is 60.0 Å². The van der Waals surface area contributed by atoms with Crippen LogP contribution in [0.3, 0.4) is 0 Å². The van der Waals surface area contributed by atoms with Crippen LogP contribution < -0.4 is 19.6 Å². The predicted octanol–water partition coefficient (Wildman–Crippen LogP) is -0.395. The van der Waals surface area contributed by atoms with E-state index in [0.29, 0.717) is 5.75 Å². The van der Waals surface area contributed by atoms with Crippen LogP contribution in [0.15, 0.2) is 51.2 Å². The summed E-state index contributed by atoms with van der Waals surface area (Å²) >= 11 is 0. The maximum absolute atomic E-state index is 14.9. The number of phenols is 1. The number of aliphatic hydroxyl groups excluding tert-OH is 7. The number of rotatable bonds is 15. The highest BCUT2D eigenvalue weighted by molar-refractivity contribution is 5.91. The van der Waals surface area contributed by atoms with Gasteiger partial charge in [-0.25, -0.2) is 0 Å². The lowest BCUT2D eigenvalue weighted by molar-refractivity contribution is -0.351. The van der Waals surface area contributed by atoms with Gasteiger partial charge in [-0.1, -0.05) is 11.6 Å². The van der Waals surface area contributed by atoms with Crippen LogP contribution in [-0.4, -0.2) is 171 Å². The largest absolute Gasteiger partial charge is 0.507 e. The molecule has 4 heterocycles. The molecule has 0 saturated carbocycles. The van der Waals surface area contributed by atoms with Crippen molar-refractivity contribution in [1.29, 1.82) is 0 Å². The molecule has 15 atom stereocenters. The third kappa shape index (κ3) is 11.2. The number of fused-ring (bicyclic) bond motifs is 1. The van der Waals surface area contributed by atoms with Crippen molar-refractivity contribution in [2.45, 2.75) is 140 Å². The first kappa shape index (κ1) is 51.9. The summed E-state index contributed by atoms with van der Waals surface area (Å²) in [7, 11) is 1.43. The molecule has 2 aromatic carbocycles. The van der Waals surface area contributed by atoms with Gasteiger partial charge in [-0.3, -0.25) is 19.2 Å². The number of aromatic hydroxyl groups is 1. The molecule has 68 heavy (non-hydrogen) atoms. The SMILES string of the molecule is COc1ccc(-c2oc3c(CC=C(C)C)c(O[C@@H]4O[C@@H](CO)[C@@H](O)[C@H](O)[C@H]4O)cc(O)c3c(=O)c2O[C@@H]2O[C@@H](C)[C@H](OC(C)=O)[C@H](O[C@@H]3O[C@H](COC(C)=O)[C@@H](O)[C@H](O)[C@H]3OC(C)=O)[C@@H]2O)cc1. The third-order valence-corrected chi connectivity index (χ3v) is 11.3. The Morgan fingerprint density at radius 1 is 0.721 bits per heavy atom. The highest BCUT2D eigenvalue weighted by atomic mass is 16.8. The van der Waals surface area contributed by atoms with Gasteiger partial charge in [0, 0.05) is 38.0 Å². The van der Waals surface area contributed by atoms with Gasteiger partial charge in [-0.2, -0.15) is 0 Å². The Morgan fingerprint density at radius 3 is 1.94 bits per heavy atom. The first-order chi connectivity index (χ1) is 32.1. The molecule has 1 aromatic heterocycles. The van der Waals surface area contributed by atoms with Gasteiger partial charge in [-0.05, 0) is 51.5 Å². The highest BCUT2D eigenvalue weighted by Crippen LogP contribution is 2.42. The molecule has 0 unspecified atom stereocenters. The van der Waals surface area contributed by atoms with E-state index < -0.39 is 146 Å². The number of carbonyl (C=O) groups excluding carboxylic acids is 3. The molecule has 23 nitrogen and oxygen atoms in total. The van der Waals surface area contributed by atoms with Crippen molar-refractivity contribution in [2.75, 3.05) is 20.3 Å². The first-order valence-electron chi connectivity index (χ1n) is 21.4. The number of benzene rings is 2. The van der Waals surface area contributed by atoms with E-state index in [1.54, 1.807) is 19.9 Å². The zero-order chi connectivity index (χ0) is 49.9. The molecular weight excluding hydrogens is 908 g/mol. The molecule has 374 valence electrons. The molecule has 0 radical (unpaired) electrons. The van der Waals surface area contributed by atoms with E-state index in [-0.39, 0.29) is 34.6 Å². The van der Waals surface area contributed by atoms with Crippen LogP contribution in [0, 0.1) is 0 Å². The second kappa shape index (κ2) is 21.9. The molecule has 23 heteroatoms. The first-order valence-corrected chi connectivity index (χ1v) is 21.4. The fourth-order valence-corrected chi connectivity index (χ4v) is 7.83. The number of methoxy groups -OCH3 is 1. The molecule has 3 saturated heterocycles. The number of ether oxygens (including phenoxy) is 10. The third-order valence-electron chi connectivity index (χ3n) is 11.3. The predicted molar refractivity (Wildman–Crippen MR) is 228 cm³/mol. The van der Waals surface area contributed by atoms with Crippen LogP contribution in [0.1, 0.15) is 47.1 Å². The van der Waals surface area contributed by atoms with E-state index in [2.05, 4.69) is 0 Å². The van der Waals surface area contributed by atoms with Gasteiger partial charge in [0.15, 0.2) is 24.3 Å². The minimum atomic E-state index is -2.05. The fourth-order valence-electron chi connectivity index (χ4n) is 7.83. The van der Waals surface area contributed by atoms with Gasteiger partial charge in [0.05, 0.1) is 19.8 Å². The minimum absolute atomic E-state index is 0.0272. The molecule has 0 bridgehead atoms. The van der Waals surface area contributed by atoms with E-state index in [4.69, 9.17) is 51.8 Å². The number of hydrogen-bond acceptors (Lipinski definition) is 23. The van der Waals surface area contributed by atoms with Gasteiger partial charge in [0.2, 0.25) is 23.8 Å². The molecule has 3 aliphatic heterocycles. The zero-order valence-corrected chi connectivity index (χ0v) is 37.9. The molecule has 3 aliphatic rings. The summed E-state index contributed by atoms with van der Waals surface area (Å²) in [5.41, 5.74) is -0.180. The Morgan fingerprint density at radius 2 is 1.34 bits per heavy atom. The van der Waals surface area contributed by atoms with Crippen molar-refractivity contribution < 1.29 is 107 Å². The zero-order valence-electron chi connectivity index (χ0n) is 37.9. The van der Waals surface area contributed by atoms with Crippen LogP contribution in [0.4, 0.5) is 0 Å². The van der Waals surface area contributed by atoms with Crippen molar-refractivity contribution in [1.82, 2.24) is 0 Å². The molecule has 0 amide bonds. The normalized spacial score (nSPS) is 31.6. The van der Waals surface area contributed by atoms with E-state index in [1.807, 2.05) is 0 Å². The van der Waals surface area contributed by atoms with Gasteiger partial charge in [0.1, 0.15) is 89.8 Å². The average Bonchev–Trinajstić information content (AvgIpc) is 3.28. The standard InChI is InChI=1S/C45H56O23/c1-17(2)8-13-24-26(63-43-35(56)33(54)30(51)27(15-46)64-43)14-25(50)29-32(53)40(38(66-39(24)29)22-9-11-23(58-7)12-10-22)67-44-36(57)41(37(18(3)60-44)61-20(5)48)68-45-42(62-21(6)49)34(55)31(52)28(65-45)16-59-19(4)47/h8-12,14,18,27-28,30-31,33-37,41-46,50-52,54-57H,13,15-16H2,1-7H3/t18-,27-,28+,30+,31+,33-,34-,35+,36-,37-,41+,42+,43+,44-,45-/m0/s1. The van der Waals surface area contributed by atoms with Crippen LogP contribution in [0.25, 0.3) is 22.3 Å². The number of carbonyl (C=O) groups is 3. The van der Waals surface area contributed by atoms with Gasteiger partial charge < -0.3 is 92.6 Å². The number of hydrogen-bond donors (Lipinski definition) is 8. The topological polar surface area (TPSA) is 336 Å². The van der Waals surface area contributed by atoms with Crippen molar-refractivity contribution in [3.63, 3.8) is 0 Å². The molecule has 3 aromatic rings. The van der Waals surface area contributed by atoms with Crippen LogP contribution >= 0.6 is 0 Å². The monoisotopic (exact) mass is 964 g/mol. The summed E-state index contributed by atoms with van der Waals surface area (Å²) in [5.74, 6) is -4.04. The van der Waals surface area contributed by atoms with Crippen LogP contribution in [0.5, 0.6) is 23.0 Å². The maximum atomic E-state index is 14.9.